The van der Waals surface area contributed by atoms with Gasteiger partial charge in [-0.2, -0.15) is 0 Å². The first-order chi connectivity index (χ1) is 15.2. The first-order valence-corrected chi connectivity index (χ1v) is 13.6. The van der Waals surface area contributed by atoms with Crippen molar-refractivity contribution in [2.45, 2.75) is 17.2 Å². The molecule has 32 heavy (non-hydrogen) atoms. The number of carbonyl (C=O) groups excluding carboxylic acids is 3. The van der Waals surface area contributed by atoms with Crippen molar-refractivity contribution in [1.29, 1.82) is 0 Å². The van der Waals surface area contributed by atoms with Crippen LogP contribution in [-0.4, -0.2) is 77.2 Å². The smallest absolute Gasteiger partial charge is 0.261 e. The topological polar surface area (TPSA) is 130 Å². The molecule has 1 aromatic heterocycles. The highest BCUT2D eigenvalue weighted by Crippen LogP contribution is 2.28. The second-order valence-corrected chi connectivity index (χ2v) is 11.8. The highest BCUT2D eigenvalue weighted by Gasteiger charge is 2.34. The number of anilines is 1. The maximum atomic E-state index is 12.5. The van der Waals surface area contributed by atoms with Gasteiger partial charge in [0.15, 0.2) is 4.34 Å². The van der Waals surface area contributed by atoms with Gasteiger partial charge in [0, 0.05) is 31.3 Å². The lowest BCUT2D eigenvalue weighted by molar-refractivity contribution is -0.120. The molecule has 1 N–H and O–H groups in total. The number of imide groups is 1. The van der Waals surface area contributed by atoms with Gasteiger partial charge in [-0.15, -0.1) is 10.2 Å². The summed E-state index contributed by atoms with van der Waals surface area (Å²) in [5.74, 6) is -0.603. The highest BCUT2D eigenvalue weighted by molar-refractivity contribution is 8.01. The van der Waals surface area contributed by atoms with E-state index in [1.165, 1.54) is 38.6 Å². The second kappa shape index (κ2) is 9.25. The van der Waals surface area contributed by atoms with Crippen LogP contribution in [0.25, 0.3) is 0 Å². The lowest BCUT2D eigenvalue weighted by Gasteiger charge is -2.29. The lowest BCUT2D eigenvalue weighted by Crippen LogP contribution is -2.40. The van der Waals surface area contributed by atoms with Gasteiger partial charge in [0.25, 0.3) is 11.8 Å². The third-order valence-corrected chi connectivity index (χ3v) is 8.60. The summed E-state index contributed by atoms with van der Waals surface area (Å²) in [4.78, 5) is 38.5. The van der Waals surface area contributed by atoms with E-state index in [0.717, 1.165) is 0 Å². The Balaban J connectivity index is 1.25. The van der Waals surface area contributed by atoms with E-state index in [-0.39, 0.29) is 30.2 Å². The first kappa shape index (κ1) is 22.8. The Morgan fingerprint density at radius 2 is 1.78 bits per heavy atom. The zero-order chi connectivity index (χ0) is 22.9. The van der Waals surface area contributed by atoms with E-state index in [1.54, 1.807) is 24.3 Å². The van der Waals surface area contributed by atoms with Crippen LogP contribution >= 0.6 is 23.1 Å². The Kier molecular flexibility index (Phi) is 6.60. The Morgan fingerprint density at radius 1 is 1.16 bits per heavy atom. The van der Waals surface area contributed by atoms with Crippen molar-refractivity contribution in [2.75, 3.05) is 37.0 Å². The Labute approximate surface area is 193 Å². The van der Waals surface area contributed by atoms with E-state index < -0.39 is 10.0 Å². The fourth-order valence-corrected chi connectivity index (χ4v) is 6.27. The minimum absolute atomic E-state index is 0.197. The van der Waals surface area contributed by atoms with Crippen LogP contribution in [0.1, 0.15) is 33.6 Å². The number of piperidine rings is 1. The number of nitrogens with zero attached hydrogens (tertiary/aromatic N) is 4. The van der Waals surface area contributed by atoms with Crippen molar-refractivity contribution < 1.29 is 22.8 Å². The van der Waals surface area contributed by atoms with Crippen LogP contribution < -0.4 is 5.32 Å². The predicted octanol–water partition coefficient (Wildman–Crippen LogP) is 1.54. The fraction of sp³-hybridized carbons (Fsp3) is 0.421. The molecule has 1 aromatic carbocycles. The Morgan fingerprint density at radius 3 is 2.38 bits per heavy atom. The number of nitrogens with one attached hydrogen (secondary N) is 1. The number of hydrogen-bond donors (Lipinski definition) is 1. The normalized spacial score (nSPS) is 17.6. The van der Waals surface area contributed by atoms with E-state index in [1.807, 2.05) is 0 Å². The molecule has 1 saturated heterocycles. The molecule has 0 spiro atoms. The van der Waals surface area contributed by atoms with Crippen LogP contribution in [0.2, 0.25) is 0 Å². The number of aromatic nitrogens is 2. The van der Waals surface area contributed by atoms with Gasteiger partial charge in [-0.05, 0) is 25.0 Å². The van der Waals surface area contributed by atoms with Gasteiger partial charge in [-0.25, -0.2) is 12.7 Å². The average Bonchev–Trinajstić information content (AvgIpc) is 3.31. The molecule has 170 valence electrons. The van der Waals surface area contributed by atoms with Gasteiger partial charge in [0.2, 0.25) is 21.1 Å². The van der Waals surface area contributed by atoms with Gasteiger partial charge < -0.3 is 5.32 Å². The molecule has 0 aliphatic carbocycles. The largest absolute Gasteiger partial charge is 0.300 e. The number of carbonyl (C=O) groups is 3. The third kappa shape index (κ3) is 4.85. The fourth-order valence-electron chi connectivity index (χ4n) is 3.64. The molecular formula is C19H21N5O5S3. The van der Waals surface area contributed by atoms with Crippen LogP contribution in [0.15, 0.2) is 28.6 Å². The van der Waals surface area contributed by atoms with Crippen molar-refractivity contribution in [3.63, 3.8) is 0 Å². The number of thioether (sulfide) groups is 1. The summed E-state index contributed by atoms with van der Waals surface area (Å²) in [6, 6.07) is 6.75. The van der Waals surface area contributed by atoms with Gasteiger partial charge >= 0.3 is 0 Å². The van der Waals surface area contributed by atoms with Crippen molar-refractivity contribution >= 4 is 56.0 Å². The molecule has 3 amide bonds. The average molecular weight is 496 g/mol. The van der Waals surface area contributed by atoms with Crippen molar-refractivity contribution in [2.24, 2.45) is 5.92 Å². The van der Waals surface area contributed by atoms with Crippen LogP contribution in [-0.2, 0) is 14.8 Å². The Bertz CT molecular complexity index is 1120. The van der Waals surface area contributed by atoms with E-state index in [9.17, 15) is 22.8 Å². The zero-order valence-corrected chi connectivity index (χ0v) is 19.6. The summed E-state index contributed by atoms with van der Waals surface area (Å²) in [6.45, 7) is 0.898. The molecule has 1 fully saturated rings. The maximum Gasteiger partial charge on any atom is 0.261 e. The van der Waals surface area contributed by atoms with Crippen LogP contribution in [0.5, 0.6) is 0 Å². The van der Waals surface area contributed by atoms with Gasteiger partial charge in [-0.3, -0.25) is 19.3 Å². The van der Waals surface area contributed by atoms with Gasteiger partial charge in [-0.1, -0.05) is 35.2 Å². The first-order valence-electron chi connectivity index (χ1n) is 9.91. The summed E-state index contributed by atoms with van der Waals surface area (Å²) in [5.41, 5.74) is 0.844. The molecule has 2 aromatic rings. The Hall–Kier alpha value is -2.35. The molecule has 4 rings (SSSR count). The quantitative estimate of drug-likeness (QED) is 0.348. The molecule has 0 radical (unpaired) electrons. The van der Waals surface area contributed by atoms with Gasteiger partial charge in [0.05, 0.1) is 17.4 Å². The van der Waals surface area contributed by atoms with E-state index >= 15 is 0 Å². The second-order valence-electron chi connectivity index (χ2n) is 7.45. The summed E-state index contributed by atoms with van der Waals surface area (Å²) in [7, 11) is -3.24. The van der Waals surface area contributed by atoms with Crippen molar-refractivity contribution in [3.05, 3.63) is 35.4 Å². The van der Waals surface area contributed by atoms with E-state index in [2.05, 4.69) is 15.5 Å². The highest BCUT2D eigenvalue weighted by atomic mass is 32.2. The number of fused-ring (bicyclic) bond motifs is 1. The maximum absolute atomic E-state index is 12.5. The van der Waals surface area contributed by atoms with Crippen molar-refractivity contribution in [3.8, 4) is 0 Å². The van der Waals surface area contributed by atoms with Crippen LogP contribution in [0, 0.1) is 5.92 Å². The summed E-state index contributed by atoms with van der Waals surface area (Å²) in [5, 5.41) is 11.1. The molecule has 0 saturated carbocycles. The molecule has 3 heterocycles. The standard InChI is InChI=1S/C19H21N5O5S3/c1-32(28,29)23-8-6-12(7-9-23)15(25)20-18-21-22-19(31-18)30-11-10-24-16(26)13-4-2-3-5-14(13)17(24)27/h2-5,12H,6-11H2,1H3,(H,20,21,25). The number of amides is 3. The zero-order valence-electron chi connectivity index (χ0n) is 17.2. The summed E-state index contributed by atoms with van der Waals surface area (Å²) < 4.78 is 25.2. The molecule has 13 heteroatoms. The summed E-state index contributed by atoms with van der Waals surface area (Å²) >= 11 is 2.57. The van der Waals surface area contributed by atoms with E-state index in [4.69, 9.17) is 0 Å². The number of hydrogen-bond acceptors (Lipinski definition) is 9. The summed E-state index contributed by atoms with van der Waals surface area (Å²) in [6.07, 6.45) is 2.08. The number of rotatable bonds is 7. The monoisotopic (exact) mass is 495 g/mol. The SMILES string of the molecule is CS(=O)(=O)N1CCC(C(=O)Nc2nnc(SCCN3C(=O)c4ccccc4C3=O)s2)CC1. The van der Waals surface area contributed by atoms with Crippen LogP contribution in [0.3, 0.4) is 0 Å². The third-order valence-electron chi connectivity index (χ3n) is 5.35. The molecule has 0 atom stereocenters. The molecule has 10 nitrogen and oxygen atoms in total. The lowest BCUT2D eigenvalue weighted by atomic mass is 9.97. The molecule has 2 aliphatic heterocycles. The molecule has 0 unspecified atom stereocenters. The number of benzene rings is 1. The molecular weight excluding hydrogens is 474 g/mol. The predicted molar refractivity (Wildman–Crippen MR) is 120 cm³/mol. The van der Waals surface area contributed by atoms with Gasteiger partial charge in [0.1, 0.15) is 0 Å². The minimum atomic E-state index is -3.24. The van der Waals surface area contributed by atoms with Crippen LogP contribution in [0.4, 0.5) is 5.13 Å². The minimum Gasteiger partial charge on any atom is -0.300 e. The molecule has 0 bridgehead atoms. The number of sulfonamides is 1. The van der Waals surface area contributed by atoms with Crippen molar-refractivity contribution in [1.82, 2.24) is 19.4 Å². The molecule has 2 aliphatic rings. The van der Waals surface area contributed by atoms with E-state index in [0.29, 0.717) is 52.3 Å².